The van der Waals surface area contributed by atoms with E-state index in [4.69, 9.17) is 4.74 Å². The minimum Gasteiger partial charge on any atom is -0.456 e. The average molecular weight is 384 g/mol. The van der Waals surface area contributed by atoms with Crippen molar-refractivity contribution in [1.82, 2.24) is 4.98 Å². The number of hydrogen-bond acceptors (Lipinski definition) is 3. The molecule has 5 heteroatoms. The highest BCUT2D eigenvalue weighted by atomic mass is 127. The SMILES string of the molecule is CC(C)(C)OC(=O)c1cc(Br)nc(I)c1. The molecule has 0 saturated heterocycles. The van der Waals surface area contributed by atoms with Crippen LogP contribution >= 0.6 is 38.5 Å². The van der Waals surface area contributed by atoms with Crippen LogP contribution < -0.4 is 0 Å². The van der Waals surface area contributed by atoms with Gasteiger partial charge in [-0.2, -0.15) is 0 Å². The van der Waals surface area contributed by atoms with Gasteiger partial charge in [0.2, 0.25) is 0 Å². The van der Waals surface area contributed by atoms with E-state index in [0.29, 0.717) is 10.2 Å². The Labute approximate surface area is 111 Å². The Bertz CT molecular complexity index is 367. The molecule has 0 radical (unpaired) electrons. The Hall–Kier alpha value is -0.170. The van der Waals surface area contributed by atoms with Crippen LogP contribution in [0.15, 0.2) is 16.7 Å². The van der Waals surface area contributed by atoms with E-state index in [2.05, 4.69) is 43.5 Å². The molecule has 0 fully saturated rings. The fourth-order valence-electron chi connectivity index (χ4n) is 0.920. The number of aromatic nitrogens is 1. The van der Waals surface area contributed by atoms with Gasteiger partial charge < -0.3 is 4.74 Å². The minimum atomic E-state index is -0.474. The highest BCUT2D eigenvalue weighted by Gasteiger charge is 2.18. The Morgan fingerprint density at radius 3 is 2.53 bits per heavy atom. The monoisotopic (exact) mass is 383 g/mol. The summed E-state index contributed by atoms with van der Waals surface area (Å²) in [7, 11) is 0. The summed E-state index contributed by atoms with van der Waals surface area (Å²) >= 11 is 5.29. The van der Waals surface area contributed by atoms with Crippen molar-refractivity contribution < 1.29 is 9.53 Å². The molecule has 0 spiro atoms. The number of ether oxygens (including phenoxy) is 1. The molecule has 1 rings (SSSR count). The zero-order valence-corrected chi connectivity index (χ0v) is 12.4. The van der Waals surface area contributed by atoms with Gasteiger partial charge in [-0.15, -0.1) is 0 Å². The second-order valence-corrected chi connectivity index (χ2v) is 5.92. The van der Waals surface area contributed by atoms with Gasteiger partial charge in [0, 0.05) is 0 Å². The van der Waals surface area contributed by atoms with Crippen molar-refractivity contribution in [2.45, 2.75) is 26.4 Å². The van der Waals surface area contributed by atoms with Crippen molar-refractivity contribution >= 4 is 44.5 Å². The Morgan fingerprint density at radius 2 is 2.07 bits per heavy atom. The smallest absolute Gasteiger partial charge is 0.338 e. The maximum Gasteiger partial charge on any atom is 0.338 e. The van der Waals surface area contributed by atoms with Gasteiger partial charge in [0.25, 0.3) is 0 Å². The van der Waals surface area contributed by atoms with Gasteiger partial charge in [0.05, 0.1) is 5.56 Å². The van der Waals surface area contributed by atoms with E-state index in [1.54, 1.807) is 12.1 Å². The summed E-state index contributed by atoms with van der Waals surface area (Å²) < 4.78 is 6.63. The largest absolute Gasteiger partial charge is 0.456 e. The second kappa shape index (κ2) is 4.78. The molecule has 3 nitrogen and oxygen atoms in total. The van der Waals surface area contributed by atoms with Crippen LogP contribution in [0.3, 0.4) is 0 Å². The molecule has 15 heavy (non-hydrogen) atoms. The lowest BCUT2D eigenvalue weighted by Crippen LogP contribution is -2.24. The van der Waals surface area contributed by atoms with Gasteiger partial charge in [-0.3, -0.25) is 0 Å². The van der Waals surface area contributed by atoms with Crippen LogP contribution in [-0.4, -0.2) is 16.6 Å². The molecule has 0 bridgehead atoms. The van der Waals surface area contributed by atoms with E-state index in [0.717, 1.165) is 3.70 Å². The number of rotatable bonds is 1. The third kappa shape index (κ3) is 4.46. The molecular formula is C10H11BrINO2. The van der Waals surface area contributed by atoms with Crippen molar-refractivity contribution in [3.05, 3.63) is 26.0 Å². The minimum absolute atomic E-state index is 0.330. The van der Waals surface area contributed by atoms with Crippen LogP contribution in [0, 0.1) is 3.70 Å². The molecule has 0 atom stereocenters. The number of halogens is 2. The van der Waals surface area contributed by atoms with Gasteiger partial charge >= 0.3 is 5.97 Å². The fourth-order valence-corrected chi connectivity index (χ4v) is 2.28. The Balaban J connectivity index is 2.92. The lowest BCUT2D eigenvalue weighted by Gasteiger charge is -2.19. The quantitative estimate of drug-likeness (QED) is 0.424. The number of nitrogens with zero attached hydrogens (tertiary/aromatic N) is 1. The topological polar surface area (TPSA) is 39.2 Å². The molecule has 82 valence electrons. The van der Waals surface area contributed by atoms with Crippen molar-refractivity contribution in [3.8, 4) is 0 Å². The summed E-state index contributed by atoms with van der Waals surface area (Å²) in [5, 5.41) is 0. The van der Waals surface area contributed by atoms with E-state index in [9.17, 15) is 4.79 Å². The number of esters is 1. The number of hydrogen-bond donors (Lipinski definition) is 0. The molecule has 0 aliphatic rings. The van der Waals surface area contributed by atoms with Crippen LogP contribution in [-0.2, 0) is 4.74 Å². The first-order valence-electron chi connectivity index (χ1n) is 4.34. The van der Waals surface area contributed by atoms with E-state index >= 15 is 0 Å². The highest BCUT2D eigenvalue weighted by Crippen LogP contribution is 2.17. The molecule has 0 saturated carbocycles. The van der Waals surface area contributed by atoms with Crippen molar-refractivity contribution in [1.29, 1.82) is 0 Å². The van der Waals surface area contributed by atoms with Crippen LogP contribution in [0.2, 0.25) is 0 Å². The van der Waals surface area contributed by atoms with Gasteiger partial charge in [-0.05, 0) is 71.4 Å². The van der Waals surface area contributed by atoms with Crippen molar-refractivity contribution in [2.24, 2.45) is 0 Å². The maximum absolute atomic E-state index is 11.7. The van der Waals surface area contributed by atoms with Gasteiger partial charge in [0.15, 0.2) is 0 Å². The average Bonchev–Trinajstić information content (AvgIpc) is 1.98. The van der Waals surface area contributed by atoms with Crippen LogP contribution in [0.1, 0.15) is 31.1 Å². The van der Waals surface area contributed by atoms with Gasteiger partial charge in [0.1, 0.15) is 13.9 Å². The normalized spacial score (nSPS) is 11.3. The lowest BCUT2D eigenvalue weighted by atomic mass is 10.2. The summed E-state index contributed by atoms with van der Waals surface area (Å²) in [6, 6.07) is 3.34. The van der Waals surface area contributed by atoms with E-state index in [-0.39, 0.29) is 5.97 Å². The van der Waals surface area contributed by atoms with E-state index in [1.807, 2.05) is 20.8 Å². The highest BCUT2D eigenvalue weighted by molar-refractivity contribution is 14.1. The summed E-state index contributed by atoms with van der Waals surface area (Å²) in [5.74, 6) is -0.330. The molecule has 1 aromatic heterocycles. The van der Waals surface area contributed by atoms with Crippen LogP contribution in [0.5, 0.6) is 0 Å². The zero-order chi connectivity index (χ0) is 11.6. The molecule has 0 N–H and O–H groups in total. The summed E-state index contributed by atoms with van der Waals surface area (Å²) in [6.07, 6.45) is 0. The number of pyridine rings is 1. The Kier molecular flexibility index (Phi) is 4.11. The van der Waals surface area contributed by atoms with Crippen LogP contribution in [0.25, 0.3) is 0 Å². The van der Waals surface area contributed by atoms with Gasteiger partial charge in [-0.25, -0.2) is 9.78 Å². The first-order valence-corrected chi connectivity index (χ1v) is 6.21. The predicted molar refractivity (Wildman–Crippen MR) is 69.8 cm³/mol. The standard InChI is InChI=1S/C10H11BrINO2/c1-10(2,3)15-9(14)6-4-7(11)13-8(12)5-6/h4-5H,1-3H3. The first kappa shape index (κ1) is 12.9. The molecular weight excluding hydrogens is 373 g/mol. The second-order valence-electron chi connectivity index (χ2n) is 4.00. The van der Waals surface area contributed by atoms with E-state index in [1.165, 1.54) is 0 Å². The van der Waals surface area contributed by atoms with Gasteiger partial charge in [-0.1, -0.05) is 0 Å². The molecule has 0 aliphatic heterocycles. The molecule has 0 aromatic carbocycles. The summed E-state index contributed by atoms with van der Waals surface area (Å²) in [6.45, 7) is 5.52. The van der Waals surface area contributed by atoms with Crippen molar-refractivity contribution in [3.63, 3.8) is 0 Å². The number of carbonyl (C=O) groups is 1. The fraction of sp³-hybridized carbons (Fsp3) is 0.400. The molecule has 0 aliphatic carbocycles. The maximum atomic E-state index is 11.7. The van der Waals surface area contributed by atoms with E-state index < -0.39 is 5.60 Å². The number of carbonyl (C=O) groups excluding carboxylic acids is 1. The first-order chi connectivity index (χ1) is 6.78. The Morgan fingerprint density at radius 1 is 1.47 bits per heavy atom. The molecule has 1 aromatic rings. The predicted octanol–water partition coefficient (Wildman–Crippen LogP) is 3.40. The summed E-state index contributed by atoms with van der Waals surface area (Å²) in [5.41, 5.74) is 0.0364. The summed E-state index contributed by atoms with van der Waals surface area (Å²) in [4.78, 5) is 15.8. The molecule has 0 unspecified atom stereocenters. The third-order valence-corrected chi connectivity index (χ3v) is 2.36. The molecule has 1 heterocycles. The lowest BCUT2D eigenvalue weighted by molar-refractivity contribution is 0.00692. The molecule has 0 amide bonds. The van der Waals surface area contributed by atoms with Crippen LogP contribution in [0.4, 0.5) is 0 Å². The van der Waals surface area contributed by atoms with Crippen molar-refractivity contribution in [2.75, 3.05) is 0 Å². The third-order valence-electron chi connectivity index (χ3n) is 1.40. The zero-order valence-electron chi connectivity index (χ0n) is 8.67.